The maximum Gasteiger partial charge on any atom is 0.310 e. The number of fused-ring (bicyclic) bond motifs is 1. The minimum absolute atomic E-state index is 0.0156. The highest BCUT2D eigenvalue weighted by Gasteiger charge is 2.15. The molecule has 0 radical (unpaired) electrons. The molecule has 0 saturated carbocycles. The van der Waals surface area contributed by atoms with Crippen LogP contribution in [0.15, 0.2) is 42.5 Å². The molecule has 0 saturated heterocycles. The third kappa shape index (κ3) is 4.55. The lowest BCUT2D eigenvalue weighted by molar-refractivity contribution is -0.385. The van der Waals surface area contributed by atoms with Gasteiger partial charge in [-0.25, -0.2) is 4.98 Å². The van der Waals surface area contributed by atoms with Crippen LogP contribution >= 0.6 is 11.3 Å². The van der Waals surface area contributed by atoms with Crippen LogP contribution in [0, 0.1) is 10.1 Å². The number of nitrogens with zero attached hydrogens (tertiary/aromatic N) is 2. The van der Waals surface area contributed by atoms with Gasteiger partial charge in [0, 0.05) is 18.7 Å². The zero-order chi connectivity index (χ0) is 19.4. The number of nitro benzene ring substituents is 1. The summed E-state index contributed by atoms with van der Waals surface area (Å²) in [5.41, 5.74) is 1.09. The lowest BCUT2D eigenvalue weighted by atomic mass is 10.3. The van der Waals surface area contributed by atoms with Crippen LogP contribution in [0.4, 0.5) is 16.5 Å². The molecule has 0 fully saturated rings. The van der Waals surface area contributed by atoms with Crippen molar-refractivity contribution in [1.29, 1.82) is 0 Å². The zero-order valence-corrected chi connectivity index (χ0v) is 14.9. The molecular formula is C17H14N4O5S. The Morgan fingerprint density at radius 3 is 2.74 bits per heavy atom. The van der Waals surface area contributed by atoms with Gasteiger partial charge in [-0.2, -0.15) is 0 Å². The summed E-state index contributed by atoms with van der Waals surface area (Å²) in [7, 11) is 0. The Balaban J connectivity index is 1.66. The molecule has 2 aromatic carbocycles. The van der Waals surface area contributed by atoms with Gasteiger partial charge in [0.15, 0.2) is 17.5 Å². The van der Waals surface area contributed by atoms with Crippen molar-refractivity contribution < 1.29 is 19.2 Å². The van der Waals surface area contributed by atoms with Gasteiger partial charge in [-0.3, -0.25) is 25.0 Å². The molecule has 10 heteroatoms. The van der Waals surface area contributed by atoms with Gasteiger partial charge in [0.2, 0.25) is 5.91 Å². The van der Waals surface area contributed by atoms with Crippen LogP contribution in [0.5, 0.6) is 5.75 Å². The largest absolute Gasteiger partial charge is 0.477 e. The fraction of sp³-hybridized carbons (Fsp3) is 0.118. The Morgan fingerprint density at radius 2 is 2.00 bits per heavy atom. The number of hydrogen-bond donors (Lipinski definition) is 2. The summed E-state index contributed by atoms with van der Waals surface area (Å²) in [6, 6.07) is 11.0. The third-order valence-corrected chi connectivity index (χ3v) is 4.31. The molecule has 1 heterocycles. The van der Waals surface area contributed by atoms with E-state index in [1.807, 2.05) is 0 Å². The van der Waals surface area contributed by atoms with Gasteiger partial charge in [0.05, 0.1) is 15.1 Å². The van der Waals surface area contributed by atoms with Crippen molar-refractivity contribution in [2.24, 2.45) is 0 Å². The van der Waals surface area contributed by atoms with Crippen LogP contribution in [0.2, 0.25) is 0 Å². The number of amides is 2. The van der Waals surface area contributed by atoms with Gasteiger partial charge >= 0.3 is 5.69 Å². The van der Waals surface area contributed by atoms with E-state index in [1.54, 1.807) is 24.3 Å². The predicted octanol–water partition coefficient (Wildman–Crippen LogP) is 3.18. The molecule has 0 spiro atoms. The molecule has 9 nitrogen and oxygen atoms in total. The summed E-state index contributed by atoms with van der Waals surface area (Å²) in [4.78, 5) is 37.8. The van der Waals surface area contributed by atoms with E-state index in [1.165, 1.54) is 36.5 Å². The summed E-state index contributed by atoms with van der Waals surface area (Å²) in [6.07, 6.45) is 0. The lowest BCUT2D eigenvalue weighted by Crippen LogP contribution is -2.20. The number of nitro groups is 1. The van der Waals surface area contributed by atoms with E-state index in [2.05, 4.69) is 15.6 Å². The van der Waals surface area contributed by atoms with Crippen molar-refractivity contribution in [1.82, 2.24) is 4.98 Å². The van der Waals surface area contributed by atoms with Gasteiger partial charge in [-0.15, -0.1) is 0 Å². The average Bonchev–Trinajstić information content (AvgIpc) is 3.01. The standard InChI is InChI=1S/C17H14N4O5S/c1-10(22)18-11-6-7-12-15(8-11)27-17(19-12)20-16(23)9-26-14-5-3-2-4-13(14)21(24)25/h2-8H,9H2,1H3,(H,18,22)(H,19,20,23). The van der Waals surface area contributed by atoms with Crippen LogP contribution in [-0.4, -0.2) is 28.3 Å². The van der Waals surface area contributed by atoms with E-state index >= 15 is 0 Å². The number of para-hydroxylation sites is 2. The highest BCUT2D eigenvalue weighted by atomic mass is 32.1. The van der Waals surface area contributed by atoms with E-state index < -0.39 is 17.4 Å². The van der Waals surface area contributed by atoms with Crippen molar-refractivity contribution in [2.75, 3.05) is 17.2 Å². The van der Waals surface area contributed by atoms with Crippen molar-refractivity contribution in [2.45, 2.75) is 6.92 Å². The zero-order valence-electron chi connectivity index (χ0n) is 14.1. The summed E-state index contributed by atoms with van der Waals surface area (Å²) in [5.74, 6) is -0.657. The monoisotopic (exact) mass is 386 g/mol. The van der Waals surface area contributed by atoms with Gasteiger partial charge in [-0.05, 0) is 24.3 Å². The van der Waals surface area contributed by atoms with Gasteiger partial charge in [0.25, 0.3) is 5.91 Å². The van der Waals surface area contributed by atoms with Crippen LogP contribution < -0.4 is 15.4 Å². The van der Waals surface area contributed by atoms with E-state index in [0.29, 0.717) is 16.3 Å². The molecule has 2 N–H and O–H groups in total. The number of hydrogen-bond acceptors (Lipinski definition) is 7. The fourth-order valence-electron chi connectivity index (χ4n) is 2.29. The molecular weight excluding hydrogens is 372 g/mol. The number of aromatic nitrogens is 1. The number of anilines is 2. The highest BCUT2D eigenvalue weighted by molar-refractivity contribution is 7.22. The predicted molar refractivity (Wildman–Crippen MR) is 101 cm³/mol. The van der Waals surface area contributed by atoms with Gasteiger partial charge < -0.3 is 10.1 Å². The molecule has 3 rings (SSSR count). The number of carbonyl (C=O) groups is 2. The van der Waals surface area contributed by atoms with Crippen molar-refractivity contribution in [3.05, 3.63) is 52.6 Å². The minimum Gasteiger partial charge on any atom is -0.477 e. The lowest BCUT2D eigenvalue weighted by Gasteiger charge is -2.05. The first-order valence-corrected chi connectivity index (χ1v) is 8.58. The van der Waals surface area contributed by atoms with Crippen molar-refractivity contribution >= 4 is 49.9 Å². The van der Waals surface area contributed by atoms with Crippen LogP contribution in [0.3, 0.4) is 0 Å². The highest BCUT2D eigenvalue weighted by Crippen LogP contribution is 2.29. The molecule has 0 aliphatic heterocycles. The van der Waals surface area contributed by atoms with Crippen molar-refractivity contribution in [3.63, 3.8) is 0 Å². The quantitative estimate of drug-likeness (QED) is 0.495. The molecule has 2 amide bonds. The van der Waals surface area contributed by atoms with Crippen LogP contribution in [-0.2, 0) is 9.59 Å². The van der Waals surface area contributed by atoms with Crippen LogP contribution in [0.25, 0.3) is 10.2 Å². The Hall–Kier alpha value is -3.53. The minimum atomic E-state index is -0.576. The molecule has 3 aromatic rings. The summed E-state index contributed by atoms with van der Waals surface area (Å²) < 4.78 is 6.03. The third-order valence-electron chi connectivity index (χ3n) is 3.38. The second-order valence-electron chi connectivity index (χ2n) is 5.44. The molecule has 0 unspecified atom stereocenters. The van der Waals surface area contributed by atoms with E-state index in [4.69, 9.17) is 4.74 Å². The first kappa shape index (κ1) is 18.3. The van der Waals surface area contributed by atoms with Gasteiger partial charge in [-0.1, -0.05) is 23.5 Å². The topological polar surface area (TPSA) is 123 Å². The average molecular weight is 386 g/mol. The second kappa shape index (κ2) is 7.79. The Morgan fingerprint density at radius 1 is 1.22 bits per heavy atom. The smallest absolute Gasteiger partial charge is 0.310 e. The Bertz CT molecular complexity index is 1030. The van der Waals surface area contributed by atoms with E-state index in [0.717, 1.165) is 4.70 Å². The molecule has 0 bridgehead atoms. The second-order valence-corrected chi connectivity index (χ2v) is 6.48. The number of thiazole rings is 1. The summed E-state index contributed by atoms with van der Waals surface area (Å²) in [5, 5.41) is 16.6. The Labute approximate surface area is 157 Å². The summed E-state index contributed by atoms with van der Waals surface area (Å²) in [6.45, 7) is 1.03. The number of benzene rings is 2. The SMILES string of the molecule is CC(=O)Nc1ccc2nc(NC(=O)COc3ccccc3[N+](=O)[O-])sc2c1. The molecule has 138 valence electrons. The maximum atomic E-state index is 12.1. The number of carbonyl (C=O) groups excluding carboxylic acids is 2. The normalized spacial score (nSPS) is 10.4. The van der Waals surface area contributed by atoms with Gasteiger partial charge in [0.1, 0.15) is 0 Å². The first-order chi connectivity index (χ1) is 12.9. The number of ether oxygens (including phenoxy) is 1. The number of rotatable bonds is 6. The van der Waals surface area contributed by atoms with E-state index in [9.17, 15) is 19.7 Å². The molecule has 0 aliphatic rings. The molecule has 0 aliphatic carbocycles. The van der Waals surface area contributed by atoms with E-state index in [-0.39, 0.29) is 17.3 Å². The van der Waals surface area contributed by atoms with Crippen LogP contribution in [0.1, 0.15) is 6.92 Å². The fourth-order valence-corrected chi connectivity index (χ4v) is 3.21. The molecule has 27 heavy (non-hydrogen) atoms. The van der Waals surface area contributed by atoms with Crippen molar-refractivity contribution in [3.8, 4) is 5.75 Å². The molecule has 0 atom stereocenters. The maximum absolute atomic E-state index is 12.1. The molecule has 1 aromatic heterocycles. The summed E-state index contributed by atoms with van der Waals surface area (Å²) >= 11 is 1.24. The first-order valence-electron chi connectivity index (χ1n) is 7.76. The Kier molecular flexibility index (Phi) is 5.27. The number of nitrogens with one attached hydrogen (secondary N) is 2.